The summed E-state index contributed by atoms with van der Waals surface area (Å²) in [6, 6.07) is 1.50. The lowest BCUT2D eigenvalue weighted by molar-refractivity contribution is -0.153. The van der Waals surface area contributed by atoms with Crippen LogP contribution < -0.4 is 11.1 Å². The van der Waals surface area contributed by atoms with Crippen LogP contribution in [0.25, 0.3) is 0 Å². The van der Waals surface area contributed by atoms with E-state index in [4.69, 9.17) is 128 Å². The number of thiol groups is 1. The standard InChI is InChI=1S/C16H35NO6Si.C13H30O4Si.C9H17NO2.C8H19NO.C8H18O3.C8H18O2.C8H18OS.C7H13NO2.C7H18O3Si.C7H14O2.C7H14O.C6H8O3.C6H14O2/c1-6-15(5)19-12-13-20-16(18)17-11-10-14-24(21-7-2,22-8-3)23-9-4;1-6-13(5)14-11-10-12-18(15-7-2,16-8-3)17-9-4;1-3-9(2)12-7-5-4-6-10-8-11;1-3-8(2)10-7-5-4-6-9;1-3-7(2)11-5-4-8(10)6-9;1-3-8(2)10-7-5-4-6-9;1-3-8(2)9-6-4-5-7-10;1-3-7(2)10-5-4-8-6-9;1-6-7(2)11(8-3,9-4)10-5;1-3-6(2)8-4-7-5-9-7;1-4-6-8-7(3)5-2;1-3-4(2)6(8)9-5(3)7;1-3-6(2)8-5-4-7/h15H,6-14H2,1-5H3,(H,17,18);13H,6-12H2,1-5H3;9H,3-7H2,1-2H3;8H,3-7,9H2,1-2H3;7-10H,3-6H2,1-2H3;8-9H,3-7H2,1-2H3;8,10H,3-7H2,1-2H3;7H,3-5H2,1-2H3;7H,6H2,1-5H3;6-7H,3-5H2,1-2H3;4,7H,1,5-6H2,2-3H3;3-4H,1-2H3;6-7H,3-5H2,1-2H3. The highest BCUT2D eigenvalue weighted by molar-refractivity contribution is 7.80. The molecule has 2 aliphatic heterocycles. The number of aliphatic hydroxyl groups excluding tert-OH is 4. The van der Waals surface area contributed by atoms with E-state index in [9.17, 15) is 24.0 Å². The Morgan fingerprint density at radius 2 is 0.760 bits per heavy atom. The van der Waals surface area contributed by atoms with Crippen molar-refractivity contribution in [1.82, 2.24) is 5.32 Å². The molecule has 150 heavy (non-hydrogen) atoms. The molecule has 2 rings (SSSR count). The topological polar surface area (TPSA) is 445 Å². The van der Waals surface area contributed by atoms with Crippen LogP contribution in [0.15, 0.2) is 22.6 Å². The van der Waals surface area contributed by atoms with Gasteiger partial charge in [-0.2, -0.15) is 12.6 Å². The number of nitrogens with one attached hydrogen (secondary N) is 1. The van der Waals surface area contributed by atoms with Gasteiger partial charge in [-0.3, -0.25) is 9.59 Å². The highest BCUT2D eigenvalue weighted by atomic mass is 32.1. The van der Waals surface area contributed by atoms with Gasteiger partial charge in [0, 0.05) is 131 Å². The van der Waals surface area contributed by atoms with Crippen molar-refractivity contribution in [2.24, 2.45) is 27.6 Å². The minimum absolute atomic E-state index is 0.129. The third-order valence-corrected chi connectivity index (χ3v) is 32.6. The molecule has 36 nitrogen and oxygen atoms in total. The van der Waals surface area contributed by atoms with Crippen LogP contribution in [0.3, 0.4) is 0 Å². The van der Waals surface area contributed by atoms with Crippen molar-refractivity contribution in [1.29, 1.82) is 0 Å². The molecule has 906 valence electrons. The number of carbonyl (C=O) groups excluding carboxylic acids is 5. The van der Waals surface area contributed by atoms with Crippen LogP contribution in [0.5, 0.6) is 0 Å². The maximum absolute atomic E-state index is 11.6. The maximum Gasteiger partial charge on any atom is 0.503 e. The van der Waals surface area contributed by atoms with Crippen molar-refractivity contribution >= 4 is 69.2 Å². The van der Waals surface area contributed by atoms with Crippen LogP contribution in [0.2, 0.25) is 17.6 Å². The molecular formula is C110H236N4O32SSi3. The van der Waals surface area contributed by atoms with Gasteiger partial charge in [0.2, 0.25) is 12.2 Å². The Kier molecular flexibility index (Phi) is 148. The molecule has 16 atom stereocenters. The second-order valence-electron chi connectivity index (χ2n) is 35.6. The Morgan fingerprint density at radius 1 is 0.433 bits per heavy atom. The van der Waals surface area contributed by atoms with E-state index in [1.165, 1.54) is 18.6 Å². The zero-order valence-corrected chi connectivity index (χ0v) is 106. The number of alkyl carbamates (subject to hydrolysis) is 1. The summed E-state index contributed by atoms with van der Waals surface area (Å²) in [6.45, 7) is 83.1. The Morgan fingerprint density at radius 3 is 1.07 bits per heavy atom. The van der Waals surface area contributed by atoms with E-state index in [1.54, 1.807) is 41.3 Å². The summed E-state index contributed by atoms with van der Waals surface area (Å²) in [5, 5.41) is 36.8. The fourth-order valence-corrected chi connectivity index (χ4v) is 18.1. The fraction of sp³-hybridized carbons (Fsp3) is 0.936. The van der Waals surface area contributed by atoms with Gasteiger partial charge in [0.15, 0.2) is 0 Å². The number of aliphatic imine (C=N–C) groups is 2. The number of hydrogen-bond donors (Lipinski definition) is 7. The van der Waals surface area contributed by atoms with Gasteiger partial charge in [0.1, 0.15) is 12.7 Å². The summed E-state index contributed by atoms with van der Waals surface area (Å²) in [5.74, 6) is -0.320. The highest BCUT2D eigenvalue weighted by Crippen LogP contribution is 2.27. The van der Waals surface area contributed by atoms with Gasteiger partial charge in [-0.15, -0.1) is 6.58 Å². The van der Waals surface area contributed by atoms with Crippen LogP contribution in [-0.4, -0.2) is 355 Å². The molecular weight excluding hydrogens is 2010 g/mol. The van der Waals surface area contributed by atoms with Gasteiger partial charge >= 0.3 is 44.4 Å². The molecule has 2 aliphatic rings. The lowest BCUT2D eigenvalue weighted by Crippen LogP contribution is -2.46. The van der Waals surface area contributed by atoms with Crippen molar-refractivity contribution in [3.8, 4) is 0 Å². The van der Waals surface area contributed by atoms with E-state index in [1.807, 2.05) is 90.0 Å². The first-order chi connectivity index (χ1) is 71.6. The highest BCUT2D eigenvalue weighted by Gasteiger charge is 2.44. The zero-order chi connectivity index (χ0) is 117. The van der Waals surface area contributed by atoms with Crippen molar-refractivity contribution in [3.63, 3.8) is 0 Å². The number of unbranched alkanes of at least 4 members (excludes halogenated alkanes) is 4. The summed E-state index contributed by atoms with van der Waals surface area (Å²) in [5.41, 5.74) is 5.69. The van der Waals surface area contributed by atoms with E-state index in [0.29, 0.717) is 172 Å². The molecule has 2 saturated heterocycles. The van der Waals surface area contributed by atoms with Gasteiger partial charge in [-0.25, -0.2) is 24.4 Å². The quantitative estimate of drug-likeness (QED) is 0.00342. The number of hydrogen-bond acceptors (Lipinski definition) is 36. The third kappa shape index (κ3) is 125. The number of nitrogens with zero attached hydrogens (tertiary/aromatic N) is 2. The molecule has 16 unspecified atom stereocenters. The van der Waals surface area contributed by atoms with E-state index in [-0.39, 0.29) is 56.6 Å². The molecule has 0 aromatic rings. The number of epoxide rings is 1. The first-order valence-corrected chi connectivity index (χ1v) is 63.0. The summed E-state index contributed by atoms with van der Waals surface area (Å²) in [6.07, 6.45) is 30.6. The number of isocyanates is 2. The van der Waals surface area contributed by atoms with Crippen LogP contribution in [0, 0.1) is 11.8 Å². The van der Waals surface area contributed by atoms with Crippen molar-refractivity contribution in [3.05, 3.63) is 12.7 Å². The molecule has 0 aromatic heterocycles. The lowest BCUT2D eigenvalue weighted by atomic mass is 10.00. The van der Waals surface area contributed by atoms with Crippen LogP contribution in [0.4, 0.5) is 4.79 Å². The molecule has 0 radical (unpaired) electrons. The number of aliphatic hydroxyl groups is 4. The number of cyclic esters (lactones) is 2. The first-order valence-electron chi connectivity index (χ1n) is 56.7. The molecule has 2 fully saturated rings. The molecule has 1 amide bonds. The normalized spacial score (nSPS) is 15.7. The molecule has 0 aliphatic carbocycles. The molecule has 7 N–H and O–H groups in total. The number of nitrogens with two attached hydrogens (primary N) is 1. The number of ether oxygens (including phenoxy) is 14. The lowest BCUT2D eigenvalue weighted by Gasteiger charge is -2.29. The van der Waals surface area contributed by atoms with E-state index < -0.39 is 50.5 Å². The number of esters is 2. The molecule has 40 heteroatoms. The van der Waals surface area contributed by atoms with Gasteiger partial charge in [0.25, 0.3) is 0 Å². The Hall–Kier alpha value is -3.13. The SMILES string of the molecule is C=CCOC(C)CC.CC1C(=O)OC(=O)C1C.CCC(C)OCC1CO1.CCC(C)OCCC(O)CO.CCC(C)OCCCCN.CCC(C)OCCCCN=C=O.CCC(C)OCCCCO.CCC(C)OCCCCS.CCC(C)OCCN=C=O.CCC(C)OCCO.CCC(C)[Si](OC)(OC)OC.CCO[Si](CCCNC(=O)OCCOC(C)CC)(OCC)OCC.CCO[Si](CCCOC(C)CC)(OCC)OCC. The smallest absolute Gasteiger partial charge is 0.447 e. The summed E-state index contributed by atoms with van der Waals surface area (Å²) in [7, 11) is -2.47. The maximum atomic E-state index is 11.6. The van der Waals surface area contributed by atoms with Crippen molar-refractivity contribution < 1.29 is 151 Å². The fourth-order valence-electron chi connectivity index (χ4n) is 10.5. The minimum atomic E-state index is -2.63. The molecule has 2 heterocycles. The summed E-state index contributed by atoms with van der Waals surface area (Å²) >= 11 is 4.11. The second-order valence-corrected chi connectivity index (χ2v) is 44.9. The van der Waals surface area contributed by atoms with Gasteiger partial charge in [-0.05, 0) is 278 Å². The third-order valence-electron chi connectivity index (χ3n) is 22.7. The Bertz CT molecular complexity index is 2680. The molecule has 0 saturated carbocycles. The van der Waals surface area contributed by atoms with E-state index >= 15 is 0 Å². The van der Waals surface area contributed by atoms with Gasteiger partial charge < -0.3 is 138 Å². The molecule has 0 bridgehead atoms. The summed E-state index contributed by atoms with van der Waals surface area (Å²) in [4.78, 5) is 58.7. The predicted octanol–water partition coefficient (Wildman–Crippen LogP) is 21.4. The number of carbonyl (C=O) groups is 3. The second kappa shape index (κ2) is 131. The minimum Gasteiger partial charge on any atom is -0.447 e. The average molecular weight is 2240 g/mol. The number of amides is 1. The van der Waals surface area contributed by atoms with Crippen LogP contribution in [0.1, 0.15) is 369 Å². The first kappa shape index (κ1) is 169. The Balaban J connectivity index is -0.000000157. The van der Waals surface area contributed by atoms with E-state index in [2.05, 4.69) is 157 Å². The molecule has 0 aromatic carbocycles. The van der Waals surface area contributed by atoms with Crippen LogP contribution >= 0.6 is 12.6 Å². The van der Waals surface area contributed by atoms with Crippen molar-refractivity contribution in [2.45, 2.75) is 466 Å². The predicted molar refractivity (Wildman–Crippen MR) is 616 cm³/mol. The molecule has 0 spiro atoms. The zero-order valence-electron chi connectivity index (χ0n) is 102. The van der Waals surface area contributed by atoms with E-state index in [0.717, 1.165) is 193 Å². The van der Waals surface area contributed by atoms with Gasteiger partial charge in [-0.1, -0.05) is 110 Å². The average Bonchev–Trinajstić information content (AvgIpc) is 1.64. The number of rotatable bonds is 80. The Labute approximate surface area is 925 Å². The van der Waals surface area contributed by atoms with Gasteiger partial charge in [0.05, 0.1) is 151 Å². The monoisotopic (exact) mass is 2240 g/mol. The van der Waals surface area contributed by atoms with Crippen molar-refractivity contribution in [2.75, 3.05) is 199 Å². The largest absolute Gasteiger partial charge is 0.503 e. The summed E-state index contributed by atoms with van der Waals surface area (Å²) < 4.78 is 124. The van der Waals surface area contributed by atoms with Crippen LogP contribution in [-0.2, 0) is 125 Å².